The molecule has 3 nitrogen and oxygen atoms in total. The monoisotopic (exact) mass is 248 g/mol. The second-order valence-electron chi connectivity index (χ2n) is 5.05. The first-order valence-corrected chi connectivity index (χ1v) is 7.10. The van der Waals surface area contributed by atoms with Crippen LogP contribution in [-0.2, 0) is 11.2 Å². The van der Waals surface area contributed by atoms with Gasteiger partial charge in [-0.3, -0.25) is 4.98 Å². The Morgan fingerprint density at radius 3 is 3.28 bits per heavy atom. The van der Waals surface area contributed by atoms with Gasteiger partial charge < -0.3 is 10.5 Å². The number of aromatic nitrogens is 1. The fourth-order valence-corrected chi connectivity index (χ4v) is 2.83. The molecular formula is C15H24N2O. The van der Waals surface area contributed by atoms with Gasteiger partial charge in [0.2, 0.25) is 0 Å². The first kappa shape index (κ1) is 13.5. The van der Waals surface area contributed by atoms with Gasteiger partial charge in [0.1, 0.15) is 0 Å². The molecule has 0 aliphatic heterocycles. The summed E-state index contributed by atoms with van der Waals surface area (Å²) in [6.45, 7) is 3.65. The van der Waals surface area contributed by atoms with Gasteiger partial charge in [-0.25, -0.2) is 0 Å². The lowest BCUT2D eigenvalue weighted by molar-refractivity contribution is 0.141. The minimum Gasteiger partial charge on any atom is -0.382 e. The Labute approximate surface area is 110 Å². The van der Waals surface area contributed by atoms with Crippen molar-refractivity contribution in [1.82, 2.24) is 4.98 Å². The van der Waals surface area contributed by atoms with Gasteiger partial charge in [-0.05, 0) is 50.7 Å². The average Bonchev–Trinajstić information content (AvgIpc) is 2.43. The maximum atomic E-state index is 6.35. The maximum Gasteiger partial charge on any atom is 0.0481 e. The summed E-state index contributed by atoms with van der Waals surface area (Å²) in [5.41, 5.74) is 8.99. The molecule has 1 aromatic heterocycles. The molecule has 1 heterocycles. The van der Waals surface area contributed by atoms with E-state index in [0.29, 0.717) is 5.92 Å². The predicted octanol–water partition coefficient (Wildman–Crippen LogP) is 2.65. The van der Waals surface area contributed by atoms with Gasteiger partial charge in [0.15, 0.2) is 0 Å². The van der Waals surface area contributed by atoms with E-state index in [1.807, 2.05) is 19.2 Å². The van der Waals surface area contributed by atoms with Crippen molar-refractivity contribution in [3.05, 3.63) is 29.6 Å². The number of hydrogen-bond acceptors (Lipinski definition) is 3. The number of aryl methyl sites for hydroxylation is 1. The molecule has 2 rings (SSSR count). The third kappa shape index (κ3) is 3.30. The Morgan fingerprint density at radius 1 is 1.56 bits per heavy atom. The first-order valence-electron chi connectivity index (χ1n) is 7.10. The fraction of sp³-hybridized carbons (Fsp3) is 0.667. The van der Waals surface area contributed by atoms with Gasteiger partial charge >= 0.3 is 0 Å². The number of hydrogen-bond donors (Lipinski definition) is 1. The molecule has 0 aromatic carbocycles. The van der Waals surface area contributed by atoms with Crippen molar-refractivity contribution in [3.63, 3.8) is 0 Å². The van der Waals surface area contributed by atoms with Gasteiger partial charge in [0.25, 0.3) is 0 Å². The molecule has 0 amide bonds. The molecular weight excluding hydrogens is 224 g/mol. The molecule has 0 radical (unpaired) electrons. The Bertz CT molecular complexity index is 367. The number of ether oxygens (including phenoxy) is 1. The van der Waals surface area contributed by atoms with Crippen LogP contribution in [0.2, 0.25) is 0 Å². The minimum atomic E-state index is 0.222. The van der Waals surface area contributed by atoms with Gasteiger partial charge in [-0.1, -0.05) is 6.07 Å². The zero-order valence-corrected chi connectivity index (χ0v) is 11.3. The standard InChI is InChI=1S/C15H24N2O/c1-2-18-11-5-9-14(16)13-8-3-6-12-7-4-10-17-15(12)13/h4,7,10,13-14H,2-3,5-6,8-9,11,16H2,1H3. The second kappa shape index (κ2) is 6.86. The molecule has 1 aromatic rings. The topological polar surface area (TPSA) is 48.1 Å². The van der Waals surface area contributed by atoms with Gasteiger partial charge in [-0.2, -0.15) is 0 Å². The summed E-state index contributed by atoms with van der Waals surface area (Å²) in [6.07, 6.45) is 7.55. The summed E-state index contributed by atoms with van der Waals surface area (Å²) in [6, 6.07) is 4.45. The number of pyridine rings is 1. The van der Waals surface area contributed by atoms with E-state index >= 15 is 0 Å². The number of nitrogens with two attached hydrogens (primary N) is 1. The van der Waals surface area contributed by atoms with Crippen LogP contribution in [-0.4, -0.2) is 24.2 Å². The van der Waals surface area contributed by atoms with Crippen molar-refractivity contribution in [2.75, 3.05) is 13.2 Å². The molecule has 0 bridgehead atoms. The first-order chi connectivity index (χ1) is 8.83. The number of fused-ring (bicyclic) bond motifs is 1. The molecule has 0 saturated heterocycles. The largest absolute Gasteiger partial charge is 0.382 e. The third-order valence-electron chi connectivity index (χ3n) is 3.79. The third-order valence-corrected chi connectivity index (χ3v) is 3.79. The summed E-state index contributed by atoms with van der Waals surface area (Å²) < 4.78 is 5.37. The Balaban J connectivity index is 1.93. The molecule has 2 N–H and O–H groups in total. The zero-order chi connectivity index (χ0) is 12.8. The minimum absolute atomic E-state index is 0.222. The molecule has 1 aliphatic carbocycles. The SMILES string of the molecule is CCOCCCC(N)C1CCCc2cccnc21. The molecule has 18 heavy (non-hydrogen) atoms. The van der Waals surface area contributed by atoms with Crippen LogP contribution in [0.1, 0.15) is 49.8 Å². The van der Waals surface area contributed by atoms with Crippen LogP contribution in [0, 0.1) is 0 Å². The Kier molecular flexibility index (Phi) is 5.14. The maximum absolute atomic E-state index is 6.35. The highest BCUT2D eigenvalue weighted by Gasteiger charge is 2.26. The fourth-order valence-electron chi connectivity index (χ4n) is 2.83. The molecule has 2 atom stereocenters. The summed E-state index contributed by atoms with van der Waals surface area (Å²) in [4.78, 5) is 4.55. The quantitative estimate of drug-likeness (QED) is 0.787. The van der Waals surface area contributed by atoms with Crippen molar-refractivity contribution in [3.8, 4) is 0 Å². The van der Waals surface area contributed by atoms with Crippen molar-refractivity contribution >= 4 is 0 Å². The van der Waals surface area contributed by atoms with Crippen LogP contribution < -0.4 is 5.73 Å². The van der Waals surface area contributed by atoms with Crippen LogP contribution in [0.4, 0.5) is 0 Å². The van der Waals surface area contributed by atoms with Crippen LogP contribution in [0.5, 0.6) is 0 Å². The van der Waals surface area contributed by atoms with Crippen LogP contribution in [0.25, 0.3) is 0 Å². The van der Waals surface area contributed by atoms with E-state index in [0.717, 1.165) is 32.5 Å². The second-order valence-corrected chi connectivity index (χ2v) is 5.05. The highest BCUT2D eigenvalue weighted by molar-refractivity contribution is 5.27. The van der Waals surface area contributed by atoms with Crippen LogP contribution in [0.3, 0.4) is 0 Å². The van der Waals surface area contributed by atoms with E-state index in [-0.39, 0.29) is 6.04 Å². The summed E-state index contributed by atoms with van der Waals surface area (Å²) in [5, 5.41) is 0. The molecule has 100 valence electrons. The number of rotatable bonds is 6. The van der Waals surface area contributed by atoms with Gasteiger partial charge in [0, 0.05) is 37.1 Å². The van der Waals surface area contributed by atoms with E-state index in [4.69, 9.17) is 10.5 Å². The summed E-state index contributed by atoms with van der Waals surface area (Å²) in [5.74, 6) is 0.441. The highest BCUT2D eigenvalue weighted by Crippen LogP contribution is 2.32. The van der Waals surface area contributed by atoms with E-state index in [1.54, 1.807) is 0 Å². The lowest BCUT2D eigenvalue weighted by atomic mass is 9.81. The van der Waals surface area contributed by atoms with Crippen molar-refractivity contribution in [1.29, 1.82) is 0 Å². The van der Waals surface area contributed by atoms with Gasteiger partial charge in [0.05, 0.1) is 0 Å². The van der Waals surface area contributed by atoms with Crippen LogP contribution >= 0.6 is 0 Å². The van der Waals surface area contributed by atoms with E-state index in [2.05, 4.69) is 11.1 Å². The summed E-state index contributed by atoms with van der Waals surface area (Å²) in [7, 11) is 0. The van der Waals surface area contributed by atoms with Crippen LogP contribution in [0.15, 0.2) is 18.3 Å². The van der Waals surface area contributed by atoms with Gasteiger partial charge in [-0.15, -0.1) is 0 Å². The lowest BCUT2D eigenvalue weighted by Crippen LogP contribution is -2.32. The lowest BCUT2D eigenvalue weighted by Gasteiger charge is -2.29. The Morgan fingerprint density at radius 2 is 2.44 bits per heavy atom. The molecule has 0 saturated carbocycles. The van der Waals surface area contributed by atoms with Crippen molar-refractivity contribution in [2.24, 2.45) is 5.73 Å². The number of nitrogens with zero attached hydrogens (tertiary/aromatic N) is 1. The molecule has 0 spiro atoms. The normalized spacial score (nSPS) is 20.4. The highest BCUT2D eigenvalue weighted by atomic mass is 16.5. The molecule has 0 fully saturated rings. The van der Waals surface area contributed by atoms with E-state index in [9.17, 15) is 0 Å². The smallest absolute Gasteiger partial charge is 0.0481 e. The molecule has 3 heteroatoms. The summed E-state index contributed by atoms with van der Waals surface area (Å²) >= 11 is 0. The van der Waals surface area contributed by atoms with Crippen molar-refractivity contribution in [2.45, 2.75) is 51.0 Å². The molecule has 1 aliphatic rings. The van der Waals surface area contributed by atoms with E-state index < -0.39 is 0 Å². The average molecular weight is 248 g/mol. The Hall–Kier alpha value is -0.930. The molecule has 2 unspecified atom stereocenters. The predicted molar refractivity (Wildman–Crippen MR) is 73.6 cm³/mol. The zero-order valence-electron chi connectivity index (χ0n) is 11.3. The van der Waals surface area contributed by atoms with Crippen molar-refractivity contribution < 1.29 is 4.74 Å². The van der Waals surface area contributed by atoms with E-state index in [1.165, 1.54) is 24.1 Å².